The first kappa shape index (κ1) is 10.6. The number of aromatic nitrogens is 1. The Labute approximate surface area is 95.5 Å². The second-order valence-corrected chi connectivity index (χ2v) is 3.99. The van der Waals surface area contributed by atoms with Gasteiger partial charge in [0.25, 0.3) is 0 Å². The van der Waals surface area contributed by atoms with Gasteiger partial charge in [0.15, 0.2) is 0 Å². The Morgan fingerprint density at radius 3 is 2.81 bits per heavy atom. The Bertz CT molecular complexity index is 510. The van der Waals surface area contributed by atoms with E-state index in [0.29, 0.717) is 5.69 Å². The van der Waals surface area contributed by atoms with Crippen LogP contribution in [0, 0.1) is 10.1 Å². The summed E-state index contributed by atoms with van der Waals surface area (Å²) in [7, 11) is 1.41. The number of hydrogen-bond acceptors (Lipinski definition) is 5. The highest BCUT2D eigenvalue weighted by Crippen LogP contribution is 2.40. The number of rotatable bonds is 3. The summed E-state index contributed by atoms with van der Waals surface area (Å²) in [5.41, 5.74) is 0.707. The molecule has 2 aromatic rings. The average molecular weight is 236 g/mol. The first-order valence-corrected chi connectivity index (χ1v) is 5.27. The molecule has 0 radical (unpaired) electrons. The normalized spacial score (nSPS) is 10.1. The third-order valence-corrected chi connectivity index (χ3v) is 3.07. The van der Waals surface area contributed by atoms with Gasteiger partial charge in [-0.1, -0.05) is 17.4 Å². The molecule has 0 fully saturated rings. The standard InChI is InChI=1S/C10H8N2O3S/c1-15-8-6-9(16-10(8)12(13)14)7-4-2-3-5-11-7/h2-6H,1H3. The fourth-order valence-electron chi connectivity index (χ4n) is 1.27. The van der Waals surface area contributed by atoms with Crippen LogP contribution in [0.1, 0.15) is 0 Å². The highest BCUT2D eigenvalue weighted by Gasteiger charge is 2.20. The van der Waals surface area contributed by atoms with E-state index in [2.05, 4.69) is 4.98 Å². The summed E-state index contributed by atoms with van der Waals surface area (Å²) >= 11 is 1.06. The fourth-order valence-corrected chi connectivity index (χ4v) is 2.19. The molecule has 2 rings (SSSR count). The zero-order valence-corrected chi connectivity index (χ0v) is 9.23. The molecule has 0 aliphatic heterocycles. The van der Waals surface area contributed by atoms with Gasteiger partial charge in [-0.2, -0.15) is 0 Å². The molecule has 16 heavy (non-hydrogen) atoms. The predicted octanol–water partition coefficient (Wildman–Crippen LogP) is 2.73. The van der Waals surface area contributed by atoms with Crippen molar-refractivity contribution in [1.82, 2.24) is 4.98 Å². The van der Waals surface area contributed by atoms with Crippen LogP contribution in [0.5, 0.6) is 5.75 Å². The predicted molar refractivity (Wildman–Crippen MR) is 60.8 cm³/mol. The Balaban J connectivity index is 2.48. The molecule has 6 heteroatoms. The smallest absolute Gasteiger partial charge is 0.366 e. The van der Waals surface area contributed by atoms with Gasteiger partial charge in [0.05, 0.1) is 22.6 Å². The van der Waals surface area contributed by atoms with Crippen molar-refractivity contribution in [3.05, 3.63) is 40.6 Å². The molecule has 0 atom stereocenters. The summed E-state index contributed by atoms with van der Waals surface area (Å²) in [6.45, 7) is 0. The first-order valence-electron chi connectivity index (χ1n) is 4.46. The Hall–Kier alpha value is -1.95. The van der Waals surface area contributed by atoms with Crippen LogP contribution in [-0.2, 0) is 0 Å². The van der Waals surface area contributed by atoms with Crippen LogP contribution in [0.2, 0.25) is 0 Å². The van der Waals surface area contributed by atoms with Gasteiger partial charge in [0.1, 0.15) is 0 Å². The number of methoxy groups -OCH3 is 1. The van der Waals surface area contributed by atoms with Crippen molar-refractivity contribution in [2.75, 3.05) is 7.11 Å². The third-order valence-electron chi connectivity index (χ3n) is 1.98. The van der Waals surface area contributed by atoms with Gasteiger partial charge >= 0.3 is 5.00 Å². The van der Waals surface area contributed by atoms with Gasteiger partial charge in [0, 0.05) is 12.3 Å². The van der Waals surface area contributed by atoms with Gasteiger partial charge in [-0.3, -0.25) is 15.1 Å². The number of nitro groups is 1. The van der Waals surface area contributed by atoms with E-state index >= 15 is 0 Å². The van der Waals surface area contributed by atoms with Crippen LogP contribution in [0.3, 0.4) is 0 Å². The van der Waals surface area contributed by atoms with E-state index in [0.717, 1.165) is 16.2 Å². The molecule has 0 saturated carbocycles. The zero-order valence-electron chi connectivity index (χ0n) is 8.41. The monoisotopic (exact) mass is 236 g/mol. The van der Waals surface area contributed by atoms with Crippen molar-refractivity contribution in [3.63, 3.8) is 0 Å². The van der Waals surface area contributed by atoms with E-state index in [1.165, 1.54) is 7.11 Å². The topological polar surface area (TPSA) is 65.3 Å². The van der Waals surface area contributed by atoms with E-state index in [4.69, 9.17) is 4.74 Å². The Kier molecular flexibility index (Phi) is 2.82. The lowest BCUT2D eigenvalue weighted by Gasteiger charge is -1.92. The van der Waals surface area contributed by atoms with Crippen molar-refractivity contribution in [2.45, 2.75) is 0 Å². The molecule has 0 aromatic carbocycles. The van der Waals surface area contributed by atoms with Gasteiger partial charge in [-0.25, -0.2) is 0 Å². The second kappa shape index (κ2) is 4.28. The van der Waals surface area contributed by atoms with Crippen LogP contribution in [-0.4, -0.2) is 17.0 Å². The minimum atomic E-state index is -0.448. The number of pyridine rings is 1. The summed E-state index contributed by atoms with van der Waals surface area (Å²) in [6.07, 6.45) is 1.65. The summed E-state index contributed by atoms with van der Waals surface area (Å²) in [5.74, 6) is 0.274. The van der Waals surface area contributed by atoms with Crippen LogP contribution in [0.4, 0.5) is 5.00 Å². The average Bonchev–Trinajstić information content (AvgIpc) is 2.74. The summed E-state index contributed by atoms with van der Waals surface area (Å²) in [5, 5.41) is 10.7. The molecule has 0 saturated heterocycles. The highest BCUT2D eigenvalue weighted by atomic mass is 32.1. The van der Waals surface area contributed by atoms with Crippen LogP contribution >= 0.6 is 11.3 Å². The summed E-state index contributed by atoms with van der Waals surface area (Å²) in [6, 6.07) is 7.06. The van der Waals surface area contributed by atoms with Crippen LogP contribution in [0.15, 0.2) is 30.5 Å². The summed E-state index contributed by atoms with van der Waals surface area (Å²) < 4.78 is 4.95. The fraction of sp³-hybridized carbons (Fsp3) is 0.100. The number of ether oxygens (including phenoxy) is 1. The molecule has 0 aliphatic carbocycles. The molecule has 2 aromatic heterocycles. The number of hydrogen-bond donors (Lipinski definition) is 0. The van der Waals surface area contributed by atoms with E-state index in [-0.39, 0.29) is 10.8 Å². The molecule has 0 amide bonds. The maximum atomic E-state index is 10.7. The van der Waals surface area contributed by atoms with E-state index in [1.807, 2.05) is 6.07 Å². The zero-order chi connectivity index (χ0) is 11.5. The lowest BCUT2D eigenvalue weighted by atomic mass is 10.3. The third kappa shape index (κ3) is 1.87. The quantitative estimate of drug-likeness (QED) is 0.607. The van der Waals surface area contributed by atoms with E-state index < -0.39 is 4.92 Å². The number of nitrogens with zero attached hydrogens (tertiary/aromatic N) is 2. The van der Waals surface area contributed by atoms with Crippen molar-refractivity contribution < 1.29 is 9.66 Å². The molecular formula is C10H8N2O3S. The molecule has 0 spiro atoms. The van der Waals surface area contributed by atoms with Gasteiger partial charge in [-0.15, -0.1) is 0 Å². The molecule has 5 nitrogen and oxygen atoms in total. The van der Waals surface area contributed by atoms with Gasteiger partial charge in [-0.05, 0) is 12.1 Å². The van der Waals surface area contributed by atoms with Crippen LogP contribution in [0.25, 0.3) is 10.6 Å². The first-order chi connectivity index (χ1) is 7.72. The Morgan fingerprint density at radius 2 is 2.31 bits per heavy atom. The number of thiophene rings is 1. The Morgan fingerprint density at radius 1 is 1.50 bits per heavy atom. The molecule has 0 N–H and O–H groups in total. The maximum absolute atomic E-state index is 10.7. The summed E-state index contributed by atoms with van der Waals surface area (Å²) in [4.78, 5) is 15.1. The van der Waals surface area contributed by atoms with E-state index in [1.54, 1.807) is 24.4 Å². The van der Waals surface area contributed by atoms with E-state index in [9.17, 15) is 10.1 Å². The van der Waals surface area contributed by atoms with Gasteiger partial charge in [0.2, 0.25) is 5.75 Å². The SMILES string of the molecule is COc1cc(-c2ccccn2)sc1[N+](=O)[O-]. The minimum Gasteiger partial charge on any atom is -0.489 e. The molecular weight excluding hydrogens is 228 g/mol. The molecule has 0 unspecified atom stereocenters. The lowest BCUT2D eigenvalue weighted by molar-refractivity contribution is -0.381. The highest BCUT2D eigenvalue weighted by molar-refractivity contribution is 7.19. The molecule has 0 aliphatic rings. The van der Waals surface area contributed by atoms with Crippen LogP contribution < -0.4 is 4.74 Å². The lowest BCUT2D eigenvalue weighted by Crippen LogP contribution is -1.87. The van der Waals surface area contributed by atoms with Crippen molar-refractivity contribution >= 4 is 16.3 Å². The molecule has 0 bridgehead atoms. The molecule has 82 valence electrons. The van der Waals surface area contributed by atoms with Crippen molar-refractivity contribution in [1.29, 1.82) is 0 Å². The second-order valence-electron chi connectivity index (χ2n) is 2.96. The van der Waals surface area contributed by atoms with Gasteiger partial charge < -0.3 is 4.74 Å². The van der Waals surface area contributed by atoms with Crippen molar-refractivity contribution in [3.8, 4) is 16.3 Å². The molecule has 2 heterocycles. The minimum absolute atomic E-state index is 0.00292. The largest absolute Gasteiger partial charge is 0.489 e. The van der Waals surface area contributed by atoms with Crippen molar-refractivity contribution in [2.24, 2.45) is 0 Å². The maximum Gasteiger partial charge on any atom is 0.366 e.